The molecule has 3 aromatic rings. The lowest BCUT2D eigenvalue weighted by Crippen LogP contribution is -2.11. The summed E-state index contributed by atoms with van der Waals surface area (Å²) < 4.78 is 0. The van der Waals surface area contributed by atoms with Gasteiger partial charge in [0, 0.05) is 16.8 Å². The van der Waals surface area contributed by atoms with Crippen LogP contribution in [-0.4, -0.2) is 10.9 Å². The maximum Gasteiger partial charge on any atom is 0.250 e. The van der Waals surface area contributed by atoms with E-state index in [1.807, 2.05) is 30.3 Å². The zero-order valence-corrected chi connectivity index (χ0v) is 11.8. The Morgan fingerprint density at radius 2 is 2.00 bits per heavy atom. The van der Waals surface area contributed by atoms with Crippen molar-refractivity contribution in [1.29, 1.82) is 0 Å². The second-order valence-electron chi connectivity index (χ2n) is 5.09. The highest BCUT2D eigenvalue weighted by Gasteiger charge is 2.14. The van der Waals surface area contributed by atoms with Gasteiger partial charge in [0.15, 0.2) is 0 Å². The minimum absolute atomic E-state index is 0.427. The summed E-state index contributed by atoms with van der Waals surface area (Å²) in [5, 5.41) is 0.994. The van der Waals surface area contributed by atoms with Crippen LogP contribution in [0.3, 0.4) is 0 Å². The third kappa shape index (κ3) is 2.25. The molecule has 2 aromatic carbocycles. The van der Waals surface area contributed by atoms with E-state index in [4.69, 9.17) is 11.5 Å². The number of carbonyl (C=O) groups excluding carboxylic acids is 1. The van der Waals surface area contributed by atoms with Gasteiger partial charge in [-0.05, 0) is 41.8 Å². The lowest BCUT2D eigenvalue weighted by Gasteiger charge is -2.07. The van der Waals surface area contributed by atoms with Crippen molar-refractivity contribution in [3.05, 3.63) is 53.7 Å². The maximum absolute atomic E-state index is 11.6. The summed E-state index contributed by atoms with van der Waals surface area (Å²) in [6.07, 6.45) is 0.864. The van der Waals surface area contributed by atoms with Gasteiger partial charge < -0.3 is 16.5 Å². The number of fused-ring (bicyclic) bond motifs is 1. The Morgan fingerprint density at radius 3 is 2.67 bits per heavy atom. The molecule has 3 rings (SSSR count). The van der Waals surface area contributed by atoms with Gasteiger partial charge in [0.05, 0.1) is 11.1 Å². The molecule has 0 fully saturated rings. The van der Waals surface area contributed by atoms with Gasteiger partial charge in [0.1, 0.15) is 0 Å². The van der Waals surface area contributed by atoms with Crippen molar-refractivity contribution in [2.75, 3.05) is 5.73 Å². The molecule has 0 saturated heterocycles. The highest BCUT2D eigenvalue weighted by Crippen LogP contribution is 2.32. The Morgan fingerprint density at radius 1 is 1.19 bits per heavy atom. The van der Waals surface area contributed by atoms with E-state index in [-0.39, 0.29) is 0 Å². The second kappa shape index (κ2) is 4.98. The van der Waals surface area contributed by atoms with Crippen LogP contribution in [0.2, 0.25) is 0 Å². The Kier molecular flexibility index (Phi) is 3.14. The van der Waals surface area contributed by atoms with Gasteiger partial charge in [-0.15, -0.1) is 0 Å². The molecule has 4 nitrogen and oxygen atoms in total. The summed E-state index contributed by atoms with van der Waals surface area (Å²) in [6.45, 7) is 2.06. The van der Waals surface area contributed by atoms with E-state index in [2.05, 4.69) is 18.0 Å². The molecular weight excluding hydrogens is 262 g/mol. The molecule has 0 aliphatic rings. The fourth-order valence-electron chi connectivity index (χ4n) is 2.63. The summed E-state index contributed by atoms with van der Waals surface area (Å²) in [6, 6.07) is 13.5. The van der Waals surface area contributed by atoms with Crippen molar-refractivity contribution in [1.82, 2.24) is 4.98 Å². The molecule has 0 saturated carbocycles. The van der Waals surface area contributed by atoms with Gasteiger partial charge in [0.2, 0.25) is 0 Å². The molecule has 1 amide bonds. The number of H-pyrrole nitrogens is 1. The van der Waals surface area contributed by atoms with E-state index < -0.39 is 5.91 Å². The standard InChI is InChI=1S/C17H17N3O/c1-2-12-9-15-13(10-4-3-5-11(18)8-10)6-7-14(17(19)21)16(15)20-12/h3-9,20H,2,18H2,1H3,(H2,19,21). The number of hydrogen-bond donors (Lipinski definition) is 3. The molecular formula is C17H17N3O. The summed E-state index contributed by atoms with van der Waals surface area (Å²) >= 11 is 0. The lowest BCUT2D eigenvalue weighted by atomic mass is 9.98. The Labute approximate surface area is 122 Å². The monoisotopic (exact) mass is 279 g/mol. The number of nitrogen functional groups attached to an aromatic ring is 1. The molecule has 0 aliphatic carbocycles. The zero-order valence-electron chi connectivity index (χ0n) is 11.8. The predicted molar refractivity (Wildman–Crippen MR) is 86.0 cm³/mol. The van der Waals surface area contributed by atoms with Crippen LogP contribution in [0.4, 0.5) is 5.69 Å². The molecule has 106 valence electrons. The molecule has 1 heterocycles. The van der Waals surface area contributed by atoms with Crippen LogP contribution >= 0.6 is 0 Å². The highest BCUT2D eigenvalue weighted by atomic mass is 16.1. The molecule has 0 unspecified atom stereocenters. The van der Waals surface area contributed by atoms with Gasteiger partial charge in [-0.25, -0.2) is 0 Å². The number of benzene rings is 2. The first-order valence-corrected chi connectivity index (χ1v) is 6.90. The van der Waals surface area contributed by atoms with E-state index in [1.54, 1.807) is 6.07 Å². The second-order valence-corrected chi connectivity index (χ2v) is 5.09. The lowest BCUT2D eigenvalue weighted by molar-refractivity contribution is 0.100. The van der Waals surface area contributed by atoms with Crippen molar-refractivity contribution < 1.29 is 4.79 Å². The quantitative estimate of drug-likeness (QED) is 0.644. The topological polar surface area (TPSA) is 84.9 Å². The molecule has 1 aromatic heterocycles. The van der Waals surface area contributed by atoms with E-state index >= 15 is 0 Å². The van der Waals surface area contributed by atoms with Crippen molar-refractivity contribution in [2.24, 2.45) is 5.73 Å². The van der Waals surface area contributed by atoms with Crippen molar-refractivity contribution in [2.45, 2.75) is 13.3 Å². The van der Waals surface area contributed by atoms with Crippen LogP contribution < -0.4 is 11.5 Å². The molecule has 0 bridgehead atoms. The fraction of sp³-hybridized carbons (Fsp3) is 0.118. The van der Waals surface area contributed by atoms with Crippen LogP contribution in [0.15, 0.2) is 42.5 Å². The number of anilines is 1. The SMILES string of the molecule is CCc1cc2c(-c3cccc(N)c3)ccc(C(N)=O)c2[nH]1. The largest absolute Gasteiger partial charge is 0.399 e. The van der Waals surface area contributed by atoms with Gasteiger partial charge in [-0.2, -0.15) is 0 Å². The molecule has 5 N–H and O–H groups in total. The molecule has 0 radical (unpaired) electrons. The number of amides is 1. The molecule has 21 heavy (non-hydrogen) atoms. The summed E-state index contributed by atoms with van der Waals surface area (Å²) in [7, 11) is 0. The van der Waals surface area contributed by atoms with Crippen LogP contribution in [-0.2, 0) is 6.42 Å². The maximum atomic E-state index is 11.6. The molecule has 0 aliphatic heterocycles. The van der Waals surface area contributed by atoms with Gasteiger partial charge >= 0.3 is 0 Å². The number of aromatic nitrogens is 1. The smallest absolute Gasteiger partial charge is 0.250 e. The number of carbonyl (C=O) groups is 1. The number of aromatic amines is 1. The van der Waals surface area contributed by atoms with Crippen LogP contribution in [0.5, 0.6) is 0 Å². The van der Waals surface area contributed by atoms with E-state index in [9.17, 15) is 4.79 Å². The average Bonchev–Trinajstić information content (AvgIpc) is 2.89. The van der Waals surface area contributed by atoms with Crippen molar-refractivity contribution >= 4 is 22.5 Å². The van der Waals surface area contributed by atoms with Crippen molar-refractivity contribution in [3.63, 3.8) is 0 Å². The van der Waals surface area contributed by atoms with Crippen molar-refractivity contribution in [3.8, 4) is 11.1 Å². The first-order chi connectivity index (χ1) is 10.1. The zero-order chi connectivity index (χ0) is 15.0. The number of aryl methyl sites for hydroxylation is 1. The number of primary amides is 1. The van der Waals surface area contributed by atoms with Crippen LogP contribution in [0.25, 0.3) is 22.0 Å². The summed E-state index contributed by atoms with van der Waals surface area (Å²) in [5.74, 6) is -0.427. The number of rotatable bonds is 3. The summed E-state index contributed by atoms with van der Waals surface area (Å²) in [4.78, 5) is 14.9. The predicted octanol–water partition coefficient (Wildman–Crippen LogP) is 3.08. The third-order valence-corrected chi connectivity index (χ3v) is 3.69. The van der Waals surface area contributed by atoms with Gasteiger partial charge in [-0.1, -0.05) is 25.1 Å². The Bertz CT molecular complexity index is 833. The Balaban J connectivity index is 2.32. The van der Waals surface area contributed by atoms with Gasteiger partial charge in [0.25, 0.3) is 5.91 Å². The van der Waals surface area contributed by atoms with E-state index in [1.165, 1.54) is 0 Å². The number of hydrogen-bond acceptors (Lipinski definition) is 2. The number of nitrogens with two attached hydrogens (primary N) is 2. The number of nitrogens with one attached hydrogen (secondary N) is 1. The highest BCUT2D eigenvalue weighted by molar-refractivity contribution is 6.09. The first kappa shape index (κ1) is 13.2. The molecule has 0 spiro atoms. The fourth-order valence-corrected chi connectivity index (χ4v) is 2.63. The molecule has 0 atom stereocenters. The first-order valence-electron chi connectivity index (χ1n) is 6.90. The summed E-state index contributed by atoms with van der Waals surface area (Å²) in [5.41, 5.74) is 16.5. The van der Waals surface area contributed by atoms with E-state index in [0.717, 1.165) is 34.1 Å². The normalized spacial score (nSPS) is 10.9. The average molecular weight is 279 g/mol. The van der Waals surface area contributed by atoms with E-state index in [0.29, 0.717) is 11.3 Å². The molecule has 4 heteroatoms. The van der Waals surface area contributed by atoms with Crippen LogP contribution in [0, 0.1) is 0 Å². The van der Waals surface area contributed by atoms with Crippen LogP contribution in [0.1, 0.15) is 23.0 Å². The van der Waals surface area contributed by atoms with Gasteiger partial charge in [-0.3, -0.25) is 4.79 Å². The minimum atomic E-state index is -0.427. The third-order valence-electron chi connectivity index (χ3n) is 3.69. The Hall–Kier alpha value is -2.75. The minimum Gasteiger partial charge on any atom is -0.399 e.